The average molecular weight is 313 g/mol. The lowest BCUT2D eigenvalue weighted by Crippen LogP contribution is -2.30. The highest BCUT2D eigenvalue weighted by atomic mass is 16.3. The second-order valence-electron chi connectivity index (χ2n) is 5.57. The van der Waals surface area contributed by atoms with Gasteiger partial charge in [-0.15, -0.1) is 0 Å². The summed E-state index contributed by atoms with van der Waals surface area (Å²) in [5, 5.41) is 10.2. The van der Waals surface area contributed by atoms with Crippen LogP contribution in [0.2, 0.25) is 0 Å². The van der Waals surface area contributed by atoms with E-state index in [1.807, 2.05) is 30.3 Å². The molecule has 1 aromatic heterocycles. The van der Waals surface area contributed by atoms with E-state index in [1.165, 1.54) is 6.33 Å². The number of nitrogens with zero attached hydrogens (tertiary/aromatic N) is 3. The molecule has 0 bridgehead atoms. The predicted octanol–water partition coefficient (Wildman–Crippen LogP) is 2.62. The van der Waals surface area contributed by atoms with Crippen LogP contribution in [-0.4, -0.2) is 39.5 Å². The van der Waals surface area contributed by atoms with Crippen LogP contribution in [0.25, 0.3) is 0 Å². The summed E-state index contributed by atoms with van der Waals surface area (Å²) in [6.45, 7) is 2.52. The second-order valence-corrected chi connectivity index (χ2v) is 5.57. The molecule has 1 aromatic carbocycles. The number of carbonyl (C=O) groups is 1. The van der Waals surface area contributed by atoms with Crippen LogP contribution in [-0.2, 0) is 6.42 Å². The summed E-state index contributed by atoms with van der Waals surface area (Å²) in [4.78, 5) is 22.3. The first-order chi connectivity index (χ1) is 11.1. The molecule has 1 heterocycles. The quantitative estimate of drug-likeness (QED) is 0.853. The van der Waals surface area contributed by atoms with Crippen LogP contribution in [0.1, 0.15) is 47.5 Å². The molecule has 0 fully saturated rings. The number of aliphatic hydroxyl groups is 1. The molecule has 1 atom stereocenters. The van der Waals surface area contributed by atoms with E-state index in [0.29, 0.717) is 18.5 Å². The van der Waals surface area contributed by atoms with Gasteiger partial charge in [-0.3, -0.25) is 4.79 Å². The zero-order valence-corrected chi connectivity index (χ0v) is 13.6. The van der Waals surface area contributed by atoms with Gasteiger partial charge in [0.1, 0.15) is 6.33 Å². The molecule has 1 N–H and O–H groups in total. The van der Waals surface area contributed by atoms with E-state index in [4.69, 9.17) is 0 Å². The summed E-state index contributed by atoms with van der Waals surface area (Å²) < 4.78 is 0. The Kier molecular flexibility index (Phi) is 6.23. The largest absolute Gasteiger partial charge is 0.388 e. The average Bonchev–Trinajstić information content (AvgIpc) is 2.60. The van der Waals surface area contributed by atoms with Crippen molar-refractivity contribution in [1.82, 2.24) is 14.9 Å². The number of amides is 1. The number of aliphatic hydroxyl groups excluding tert-OH is 1. The molecule has 0 aliphatic heterocycles. The fraction of sp³-hybridized carbons (Fsp3) is 0.389. The van der Waals surface area contributed by atoms with Crippen molar-refractivity contribution in [2.45, 2.75) is 32.3 Å². The maximum absolute atomic E-state index is 12.6. The van der Waals surface area contributed by atoms with Gasteiger partial charge < -0.3 is 10.0 Å². The van der Waals surface area contributed by atoms with Crippen LogP contribution >= 0.6 is 0 Å². The second kappa shape index (κ2) is 8.39. The molecule has 0 aliphatic carbocycles. The molecular weight excluding hydrogens is 290 g/mol. The monoisotopic (exact) mass is 313 g/mol. The van der Waals surface area contributed by atoms with Crippen molar-refractivity contribution in [2.24, 2.45) is 0 Å². The summed E-state index contributed by atoms with van der Waals surface area (Å²) in [5.74, 6) is -0.102. The van der Waals surface area contributed by atoms with E-state index in [9.17, 15) is 9.90 Å². The first kappa shape index (κ1) is 17.1. The summed E-state index contributed by atoms with van der Waals surface area (Å²) in [5.41, 5.74) is 2.19. The predicted molar refractivity (Wildman–Crippen MR) is 89.0 cm³/mol. The van der Waals surface area contributed by atoms with Crippen LogP contribution in [0.5, 0.6) is 0 Å². The number of aryl methyl sites for hydroxylation is 1. The van der Waals surface area contributed by atoms with E-state index in [0.717, 1.165) is 24.1 Å². The van der Waals surface area contributed by atoms with Gasteiger partial charge in [0.15, 0.2) is 0 Å². The number of benzene rings is 1. The third-order valence-corrected chi connectivity index (χ3v) is 3.78. The molecule has 2 aromatic rings. The lowest BCUT2D eigenvalue weighted by molar-refractivity contribution is 0.0759. The molecular formula is C18H23N3O2. The van der Waals surface area contributed by atoms with Gasteiger partial charge >= 0.3 is 0 Å². The molecule has 23 heavy (non-hydrogen) atoms. The van der Waals surface area contributed by atoms with E-state index in [2.05, 4.69) is 16.9 Å². The Morgan fingerprint density at radius 3 is 2.74 bits per heavy atom. The minimum atomic E-state index is -0.575. The highest BCUT2D eigenvalue weighted by molar-refractivity contribution is 5.94. The van der Waals surface area contributed by atoms with Gasteiger partial charge in [-0.2, -0.15) is 0 Å². The fourth-order valence-corrected chi connectivity index (χ4v) is 2.43. The summed E-state index contributed by atoms with van der Waals surface area (Å²) in [6.07, 6.45) is 4.64. The van der Waals surface area contributed by atoms with Crippen LogP contribution in [0.3, 0.4) is 0 Å². The van der Waals surface area contributed by atoms with Gasteiger partial charge in [0.25, 0.3) is 5.91 Å². The number of hydrogen-bond acceptors (Lipinski definition) is 4. The molecule has 0 unspecified atom stereocenters. The van der Waals surface area contributed by atoms with Crippen molar-refractivity contribution in [3.8, 4) is 0 Å². The minimum absolute atomic E-state index is 0.102. The van der Waals surface area contributed by atoms with E-state index in [-0.39, 0.29) is 5.91 Å². The van der Waals surface area contributed by atoms with Gasteiger partial charge in [-0.1, -0.05) is 43.7 Å². The molecule has 0 aliphatic rings. The van der Waals surface area contributed by atoms with Crippen LogP contribution < -0.4 is 0 Å². The molecule has 0 saturated carbocycles. The van der Waals surface area contributed by atoms with Crippen molar-refractivity contribution in [1.29, 1.82) is 0 Å². The highest BCUT2D eigenvalue weighted by Gasteiger charge is 2.18. The molecule has 5 nitrogen and oxygen atoms in total. The van der Waals surface area contributed by atoms with Gasteiger partial charge in [0.2, 0.25) is 0 Å². The molecule has 0 radical (unpaired) electrons. The fourth-order valence-electron chi connectivity index (χ4n) is 2.43. The van der Waals surface area contributed by atoms with Crippen molar-refractivity contribution < 1.29 is 9.90 Å². The van der Waals surface area contributed by atoms with Crippen molar-refractivity contribution in [2.75, 3.05) is 13.6 Å². The maximum Gasteiger partial charge on any atom is 0.257 e. The Labute approximate surface area is 137 Å². The Hall–Kier alpha value is -2.27. The molecule has 0 spiro atoms. The smallest absolute Gasteiger partial charge is 0.257 e. The van der Waals surface area contributed by atoms with E-state index in [1.54, 1.807) is 18.1 Å². The zero-order chi connectivity index (χ0) is 16.7. The van der Waals surface area contributed by atoms with Crippen LogP contribution in [0.4, 0.5) is 0 Å². The molecule has 0 saturated heterocycles. The van der Waals surface area contributed by atoms with Gasteiger partial charge in [0, 0.05) is 19.8 Å². The number of aromatic nitrogens is 2. The van der Waals surface area contributed by atoms with Gasteiger partial charge in [0.05, 0.1) is 17.4 Å². The topological polar surface area (TPSA) is 66.3 Å². The Balaban J connectivity index is 1.98. The number of carbonyl (C=O) groups excluding carboxylic acids is 1. The third kappa shape index (κ3) is 4.60. The molecule has 5 heteroatoms. The van der Waals surface area contributed by atoms with E-state index < -0.39 is 6.10 Å². The molecule has 122 valence electrons. The first-order valence-electron chi connectivity index (χ1n) is 7.90. The molecule has 2 rings (SSSR count). The molecule has 1 amide bonds. The van der Waals surface area contributed by atoms with Crippen LogP contribution in [0.15, 0.2) is 42.9 Å². The lowest BCUT2D eigenvalue weighted by atomic mass is 10.1. The van der Waals surface area contributed by atoms with E-state index >= 15 is 0 Å². The number of rotatable bonds is 7. The van der Waals surface area contributed by atoms with Gasteiger partial charge in [-0.25, -0.2) is 9.97 Å². The maximum atomic E-state index is 12.6. The summed E-state index contributed by atoms with van der Waals surface area (Å²) in [6, 6.07) is 9.47. The normalized spacial score (nSPS) is 12.0. The zero-order valence-electron chi connectivity index (χ0n) is 13.6. The SMILES string of the molecule is CCCc1ncncc1C(=O)N(C)CC[C@@H](O)c1ccccc1. The Morgan fingerprint density at radius 1 is 1.30 bits per heavy atom. The highest BCUT2D eigenvalue weighted by Crippen LogP contribution is 2.17. The van der Waals surface area contributed by atoms with Crippen molar-refractivity contribution >= 4 is 5.91 Å². The van der Waals surface area contributed by atoms with Gasteiger partial charge in [-0.05, 0) is 18.4 Å². The van der Waals surface area contributed by atoms with Crippen molar-refractivity contribution in [3.05, 3.63) is 59.7 Å². The van der Waals surface area contributed by atoms with Crippen molar-refractivity contribution in [3.63, 3.8) is 0 Å². The number of hydrogen-bond donors (Lipinski definition) is 1. The van der Waals surface area contributed by atoms with Crippen LogP contribution in [0, 0.1) is 0 Å². The summed E-state index contributed by atoms with van der Waals surface area (Å²) in [7, 11) is 1.74. The minimum Gasteiger partial charge on any atom is -0.388 e. The Bertz CT molecular complexity index is 631. The lowest BCUT2D eigenvalue weighted by Gasteiger charge is -2.20. The Morgan fingerprint density at radius 2 is 2.04 bits per heavy atom. The summed E-state index contributed by atoms with van der Waals surface area (Å²) >= 11 is 0. The third-order valence-electron chi connectivity index (χ3n) is 3.78. The standard InChI is InChI=1S/C18H23N3O2/c1-3-7-16-15(12-19-13-20-16)18(23)21(2)11-10-17(22)14-8-5-4-6-9-14/h4-6,8-9,12-13,17,22H,3,7,10-11H2,1-2H3/t17-/m1/s1. The first-order valence-corrected chi connectivity index (χ1v) is 7.90.